The van der Waals surface area contributed by atoms with Crippen LogP contribution in [0.15, 0.2) is 70.8 Å². The Morgan fingerprint density at radius 3 is 2.34 bits per heavy atom. The first-order chi connectivity index (χ1) is 14.2. The van der Waals surface area contributed by atoms with Gasteiger partial charge in [-0.05, 0) is 67.8 Å². The predicted molar refractivity (Wildman–Crippen MR) is 114 cm³/mol. The Morgan fingerprint density at radius 2 is 1.62 bits per heavy atom. The molecule has 5 nitrogen and oxygen atoms in total. The molecule has 1 aliphatic rings. The van der Waals surface area contributed by atoms with Crippen molar-refractivity contribution in [3.63, 3.8) is 0 Å². The maximum absolute atomic E-state index is 12.6. The molecule has 148 valence electrons. The van der Waals surface area contributed by atoms with Gasteiger partial charge >= 0.3 is 0 Å². The average molecular weight is 426 g/mol. The van der Waals surface area contributed by atoms with Gasteiger partial charge in [-0.3, -0.25) is 4.79 Å². The van der Waals surface area contributed by atoms with Crippen LogP contribution in [0.5, 0.6) is 11.6 Å². The van der Waals surface area contributed by atoms with Crippen molar-refractivity contribution in [3.05, 3.63) is 71.5 Å². The van der Waals surface area contributed by atoms with E-state index in [1.807, 2.05) is 29.2 Å². The van der Waals surface area contributed by atoms with Crippen LogP contribution in [-0.2, 0) is 0 Å². The molecule has 1 amide bonds. The van der Waals surface area contributed by atoms with Gasteiger partial charge in [0.15, 0.2) is 5.03 Å². The number of hydrogen-bond donors (Lipinski definition) is 0. The summed E-state index contributed by atoms with van der Waals surface area (Å²) >= 11 is 7.40. The van der Waals surface area contributed by atoms with Crippen molar-refractivity contribution in [1.82, 2.24) is 14.9 Å². The second-order valence-electron chi connectivity index (χ2n) is 6.70. The highest BCUT2D eigenvalue weighted by atomic mass is 35.5. The lowest BCUT2D eigenvalue weighted by Crippen LogP contribution is -2.35. The molecule has 1 aliphatic heterocycles. The summed E-state index contributed by atoms with van der Waals surface area (Å²) in [6, 6.07) is 14.7. The first kappa shape index (κ1) is 19.7. The van der Waals surface area contributed by atoms with E-state index in [9.17, 15) is 4.79 Å². The Kier molecular flexibility index (Phi) is 6.32. The summed E-state index contributed by atoms with van der Waals surface area (Å²) in [5.74, 6) is 1.11. The van der Waals surface area contributed by atoms with Crippen molar-refractivity contribution < 1.29 is 9.53 Å². The molecule has 2 heterocycles. The first-order valence-corrected chi connectivity index (χ1v) is 10.7. The first-order valence-electron chi connectivity index (χ1n) is 9.51. The number of aromatic nitrogens is 2. The number of rotatable bonds is 5. The van der Waals surface area contributed by atoms with Gasteiger partial charge in [0.2, 0.25) is 0 Å². The Morgan fingerprint density at radius 1 is 0.931 bits per heavy atom. The molecule has 1 saturated heterocycles. The van der Waals surface area contributed by atoms with E-state index in [2.05, 4.69) is 9.97 Å². The molecule has 0 radical (unpaired) electrons. The fraction of sp³-hybridized carbons (Fsp3) is 0.227. The molecule has 1 aromatic heterocycles. The number of piperidine rings is 1. The highest BCUT2D eigenvalue weighted by Gasteiger charge is 2.18. The van der Waals surface area contributed by atoms with Gasteiger partial charge in [-0.15, -0.1) is 0 Å². The van der Waals surface area contributed by atoms with E-state index < -0.39 is 0 Å². The van der Waals surface area contributed by atoms with Crippen LogP contribution in [0.3, 0.4) is 0 Å². The number of halogens is 1. The van der Waals surface area contributed by atoms with Crippen molar-refractivity contribution >= 4 is 29.3 Å². The van der Waals surface area contributed by atoms with Gasteiger partial charge in [0.05, 0.1) is 0 Å². The zero-order valence-corrected chi connectivity index (χ0v) is 17.3. The number of benzene rings is 2. The third kappa shape index (κ3) is 5.08. The Bertz CT molecular complexity index is 974. The highest BCUT2D eigenvalue weighted by Crippen LogP contribution is 2.34. The lowest BCUT2D eigenvalue weighted by atomic mass is 10.1. The number of hydrogen-bond acceptors (Lipinski definition) is 5. The molecule has 0 aliphatic carbocycles. The van der Waals surface area contributed by atoms with Crippen LogP contribution < -0.4 is 4.74 Å². The second-order valence-corrected chi connectivity index (χ2v) is 8.20. The minimum absolute atomic E-state index is 0.0785. The third-order valence-electron chi connectivity index (χ3n) is 4.62. The molecule has 29 heavy (non-hydrogen) atoms. The third-order valence-corrected chi connectivity index (χ3v) is 5.85. The monoisotopic (exact) mass is 425 g/mol. The molecular weight excluding hydrogens is 406 g/mol. The molecule has 0 N–H and O–H groups in total. The van der Waals surface area contributed by atoms with E-state index in [0.29, 0.717) is 27.2 Å². The van der Waals surface area contributed by atoms with E-state index in [1.54, 1.807) is 36.7 Å². The molecule has 0 atom stereocenters. The lowest BCUT2D eigenvalue weighted by molar-refractivity contribution is 0.0724. The van der Waals surface area contributed by atoms with Gasteiger partial charge in [0.25, 0.3) is 11.8 Å². The van der Waals surface area contributed by atoms with Crippen LogP contribution in [-0.4, -0.2) is 33.9 Å². The summed E-state index contributed by atoms with van der Waals surface area (Å²) in [4.78, 5) is 24.2. The SMILES string of the molecule is O=C(c1ccc(Oc2nccnc2Sc2ccc(Cl)cc2)cc1)N1CCCCC1. The Labute approximate surface area is 179 Å². The van der Waals surface area contributed by atoms with Crippen LogP contribution in [0.2, 0.25) is 5.02 Å². The quantitative estimate of drug-likeness (QED) is 0.524. The van der Waals surface area contributed by atoms with E-state index >= 15 is 0 Å². The molecule has 4 rings (SSSR count). The smallest absolute Gasteiger partial charge is 0.253 e. The van der Waals surface area contributed by atoms with Gasteiger partial charge in [0.1, 0.15) is 5.75 Å². The highest BCUT2D eigenvalue weighted by molar-refractivity contribution is 7.99. The summed E-state index contributed by atoms with van der Waals surface area (Å²) in [6.07, 6.45) is 6.58. The largest absolute Gasteiger partial charge is 0.437 e. The topological polar surface area (TPSA) is 55.3 Å². The number of amides is 1. The number of carbonyl (C=O) groups excluding carboxylic acids is 1. The molecule has 2 aromatic carbocycles. The fourth-order valence-corrected chi connectivity index (χ4v) is 4.04. The number of nitrogens with zero attached hydrogens (tertiary/aromatic N) is 3. The van der Waals surface area contributed by atoms with Crippen molar-refractivity contribution in [2.45, 2.75) is 29.2 Å². The maximum Gasteiger partial charge on any atom is 0.253 e. The van der Waals surface area contributed by atoms with Gasteiger partial charge in [-0.1, -0.05) is 23.4 Å². The van der Waals surface area contributed by atoms with Gasteiger partial charge in [-0.2, -0.15) is 0 Å². The van der Waals surface area contributed by atoms with E-state index in [0.717, 1.165) is 30.8 Å². The van der Waals surface area contributed by atoms with E-state index in [4.69, 9.17) is 16.3 Å². The predicted octanol–water partition coefficient (Wildman–Crippen LogP) is 5.70. The van der Waals surface area contributed by atoms with Crippen molar-refractivity contribution in [1.29, 1.82) is 0 Å². The fourth-order valence-electron chi connectivity index (χ4n) is 3.12. The van der Waals surface area contributed by atoms with E-state index in [1.165, 1.54) is 18.2 Å². The minimum atomic E-state index is 0.0785. The van der Waals surface area contributed by atoms with Crippen molar-refractivity contribution in [2.75, 3.05) is 13.1 Å². The summed E-state index contributed by atoms with van der Waals surface area (Å²) in [5.41, 5.74) is 0.675. The molecule has 0 spiro atoms. The number of ether oxygens (including phenoxy) is 1. The van der Waals surface area contributed by atoms with Crippen LogP contribution in [0.1, 0.15) is 29.6 Å². The van der Waals surface area contributed by atoms with Crippen molar-refractivity contribution in [2.24, 2.45) is 0 Å². The van der Waals surface area contributed by atoms with Crippen LogP contribution in [0, 0.1) is 0 Å². The standard InChI is InChI=1S/C22H20ClN3O2S/c23-17-6-10-19(11-7-17)29-21-20(24-12-13-25-21)28-18-8-4-16(5-9-18)22(27)26-14-2-1-3-15-26/h4-13H,1-3,14-15H2. The second kappa shape index (κ2) is 9.29. The molecule has 1 fully saturated rings. The zero-order valence-electron chi connectivity index (χ0n) is 15.8. The molecular formula is C22H20ClN3O2S. The van der Waals surface area contributed by atoms with Crippen LogP contribution in [0.25, 0.3) is 0 Å². The molecule has 7 heteroatoms. The Hall–Kier alpha value is -2.57. The zero-order chi connectivity index (χ0) is 20.1. The van der Waals surface area contributed by atoms with Crippen molar-refractivity contribution in [3.8, 4) is 11.6 Å². The normalized spacial score (nSPS) is 13.9. The Balaban J connectivity index is 1.46. The molecule has 0 saturated carbocycles. The summed E-state index contributed by atoms with van der Waals surface area (Å²) < 4.78 is 5.94. The summed E-state index contributed by atoms with van der Waals surface area (Å²) in [5, 5.41) is 1.34. The maximum atomic E-state index is 12.6. The molecule has 0 bridgehead atoms. The summed E-state index contributed by atoms with van der Waals surface area (Å²) in [7, 11) is 0. The van der Waals surface area contributed by atoms with E-state index in [-0.39, 0.29) is 5.91 Å². The lowest BCUT2D eigenvalue weighted by Gasteiger charge is -2.26. The average Bonchev–Trinajstić information content (AvgIpc) is 2.77. The van der Waals surface area contributed by atoms with Crippen LogP contribution in [0.4, 0.5) is 0 Å². The van der Waals surface area contributed by atoms with Gasteiger partial charge < -0.3 is 9.64 Å². The molecule has 0 unspecified atom stereocenters. The minimum Gasteiger partial charge on any atom is -0.437 e. The van der Waals surface area contributed by atoms with Gasteiger partial charge in [-0.25, -0.2) is 9.97 Å². The van der Waals surface area contributed by atoms with Gasteiger partial charge in [0, 0.05) is 41.0 Å². The number of carbonyl (C=O) groups is 1. The number of likely N-dealkylation sites (tertiary alicyclic amines) is 1. The van der Waals surface area contributed by atoms with Crippen LogP contribution >= 0.6 is 23.4 Å². The molecule has 3 aromatic rings. The summed E-state index contributed by atoms with van der Waals surface area (Å²) in [6.45, 7) is 1.67.